The zero-order chi connectivity index (χ0) is 13.8. The van der Waals surface area contributed by atoms with Gasteiger partial charge in [-0.3, -0.25) is 4.99 Å². The molecule has 0 bridgehead atoms. The lowest BCUT2D eigenvalue weighted by Gasteiger charge is -2.31. The molecule has 1 unspecified atom stereocenters. The van der Waals surface area contributed by atoms with E-state index in [1.807, 2.05) is 6.20 Å². The molecule has 1 fully saturated rings. The Kier molecular flexibility index (Phi) is 7.22. The van der Waals surface area contributed by atoms with Gasteiger partial charge in [0.1, 0.15) is 0 Å². The fourth-order valence-corrected chi connectivity index (χ4v) is 3.06. The number of likely N-dealkylation sites (tertiary alicyclic amines) is 1. The van der Waals surface area contributed by atoms with E-state index in [0.717, 1.165) is 30.6 Å². The number of aryl methyl sites for hydroxylation is 1. The summed E-state index contributed by atoms with van der Waals surface area (Å²) in [5.74, 6) is 1.87. The van der Waals surface area contributed by atoms with Crippen LogP contribution < -0.4 is 5.73 Å². The first kappa shape index (κ1) is 17.7. The van der Waals surface area contributed by atoms with E-state index in [2.05, 4.69) is 35.6 Å². The smallest absolute Gasteiger partial charge is 0.191 e. The molecule has 0 radical (unpaired) electrons. The third kappa shape index (κ3) is 4.87. The first-order valence-corrected chi connectivity index (χ1v) is 7.85. The van der Waals surface area contributed by atoms with Crippen LogP contribution >= 0.6 is 35.3 Å². The minimum Gasteiger partial charge on any atom is -0.370 e. The van der Waals surface area contributed by atoms with Crippen molar-refractivity contribution in [2.45, 2.75) is 39.5 Å². The molecule has 1 aliphatic rings. The summed E-state index contributed by atoms with van der Waals surface area (Å²) in [4.78, 5) is 12.4. The monoisotopic (exact) mass is 408 g/mol. The number of halogens is 1. The van der Waals surface area contributed by atoms with Gasteiger partial charge in [0.2, 0.25) is 0 Å². The second-order valence-corrected chi connectivity index (χ2v) is 6.85. The predicted molar refractivity (Wildman–Crippen MR) is 97.1 cm³/mol. The summed E-state index contributed by atoms with van der Waals surface area (Å²) in [5, 5.41) is 1.15. The minimum absolute atomic E-state index is 0. The summed E-state index contributed by atoms with van der Waals surface area (Å²) in [6.45, 7) is 9.36. The largest absolute Gasteiger partial charge is 0.370 e. The maximum atomic E-state index is 6.08. The molecular formula is C14H25IN4S. The Hall–Kier alpha value is -0.370. The number of rotatable bonds is 3. The van der Waals surface area contributed by atoms with Gasteiger partial charge in [-0.1, -0.05) is 13.8 Å². The van der Waals surface area contributed by atoms with Gasteiger partial charge in [0, 0.05) is 30.1 Å². The molecule has 114 valence electrons. The summed E-state index contributed by atoms with van der Waals surface area (Å²) in [5.41, 5.74) is 6.08. The quantitative estimate of drug-likeness (QED) is 0.475. The fourth-order valence-electron chi connectivity index (χ4n) is 2.25. The Balaban J connectivity index is 0.00000200. The number of hydrogen-bond donors (Lipinski definition) is 1. The molecule has 1 saturated heterocycles. The molecule has 2 N–H and O–H groups in total. The SMILES string of the molecule is Cc1cnc(C(C)CN=C(N)N2CCC(C)CC2)s1.I. The van der Waals surface area contributed by atoms with Crippen LogP contribution in [0, 0.1) is 12.8 Å². The lowest BCUT2D eigenvalue weighted by Crippen LogP contribution is -2.42. The molecule has 2 heterocycles. The number of thiazole rings is 1. The van der Waals surface area contributed by atoms with Gasteiger partial charge < -0.3 is 10.6 Å². The summed E-state index contributed by atoms with van der Waals surface area (Å²) in [7, 11) is 0. The van der Waals surface area contributed by atoms with Crippen molar-refractivity contribution in [3.05, 3.63) is 16.1 Å². The van der Waals surface area contributed by atoms with Gasteiger partial charge in [0.05, 0.1) is 11.6 Å². The Morgan fingerprint density at radius 3 is 2.75 bits per heavy atom. The highest BCUT2D eigenvalue weighted by molar-refractivity contribution is 14.0. The number of aliphatic imine (C=N–C) groups is 1. The average molecular weight is 408 g/mol. The van der Waals surface area contributed by atoms with Gasteiger partial charge in [0.15, 0.2) is 5.96 Å². The second-order valence-electron chi connectivity index (χ2n) is 5.58. The van der Waals surface area contributed by atoms with Crippen molar-refractivity contribution in [3.63, 3.8) is 0 Å². The summed E-state index contributed by atoms with van der Waals surface area (Å²) in [6, 6.07) is 0. The molecular weight excluding hydrogens is 383 g/mol. The van der Waals surface area contributed by atoms with E-state index in [0.29, 0.717) is 11.9 Å². The number of piperidine rings is 1. The van der Waals surface area contributed by atoms with Gasteiger partial charge in [0.25, 0.3) is 0 Å². The topological polar surface area (TPSA) is 54.5 Å². The van der Waals surface area contributed by atoms with Crippen LogP contribution in [0.3, 0.4) is 0 Å². The van der Waals surface area contributed by atoms with Crippen molar-refractivity contribution >= 4 is 41.3 Å². The highest BCUT2D eigenvalue weighted by Gasteiger charge is 2.17. The van der Waals surface area contributed by atoms with Crippen LogP contribution in [0.5, 0.6) is 0 Å². The maximum absolute atomic E-state index is 6.08. The molecule has 1 aliphatic heterocycles. The first-order chi connectivity index (χ1) is 9.06. The van der Waals surface area contributed by atoms with Crippen molar-refractivity contribution in [3.8, 4) is 0 Å². The van der Waals surface area contributed by atoms with Crippen LogP contribution in [0.15, 0.2) is 11.2 Å². The molecule has 4 nitrogen and oxygen atoms in total. The standard InChI is InChI=1S/C14H24N4S.HI/c1-10-4-6-18(7-5-10)14(15)17-8-11(2)13-16-9-12(3)19-13;/h9-11H,4-8H2,1-3H3,(H2,15,17);1H. The maximum Gasteiger partial charge on any atom is 0.191 e. The Labute approximate surface area is 142 Å². The Morgan fingerprint density at radius 1 is 1.55 bits per heavy atom. The predicted octanol–water partition coefficient (Wildman–Crippen LogP) is 3.22. The van der Waals surface area contributed by atoms with Crippen molar-refractivity contribution < 1.29 is 0 Å². The Bertz CT molecular complexity index is 438. The minimum atomic E-state index is 0. The first-order valence-electron chi connectivity index (χ1n) is 7.03. The molecule has 6 heteroatoms. The van der Waals surface area contributed by atoms with Crippen LogP contribution in [0.4, 0.5) is 0 Å². The van der Waals surface area contributed by atoms with E-state index in [9.17, 15) is 0 Å². The summed E-state index contributed by atoms with van der Waals surface area (Å²) in [6.07, 6.45) is 4.37. The summed E-state index contributed by atoms with van der Waals surface area (Å²) >= 11 is 1.75. The normalized spacial score (nSPS) is 18.8. The third-order valence-electron chi connectivity index (χ3n) is 3.70. The zero-order valence-corrected chi connectivity index (χ0v) is 15.6. The van der Waals surface area contributed by atoms with E-state index in [1.54, 1.807) is 11.3 Å². The highest BCUT2D eigenvalue weighted by Crippen LogP contribution is 2.21. The molecule has 1 aromatic rings. The number of hydrogen-bond acceptors (Lipinski definition) is 3. The number of guanidine groups is 1. The average Bonchev–Trinajstić information content (AvgIpc) is 2.83. The zero-order valence-electron chi connectivity index (χ0n) is 12.5. The fraction of sp³-hybridized carbons (Fsp3) is 0.714. The molecule has 1 atom stereocenters. The Morgan fingerprint density at radius 2 is 2.20 bits per heavy atom. The van der Waals surface area contributed by atoms with Crippen LogP contribution in [0.2, 0.25) is 0 Å². The molecule has 0 saturated carbocycles. The lowest BCUT2D eigenvalue weighted by molar-refractivity contribution is 0.277. The van der Waals surface area contributed by atoms with Gasteiger partial charge in [-0.05, 0) is 25.7 Å². The van der Waals surface area contributed by atoms with Gasteiger partial charge >= 0.3 is 0 Å². The molecule has 2 rings (SSSR count). The van der Waals surface area contributed by atoms with Crippen LogP contribution in [0.25, 0.3) is 0 Å². The van der Waals surface area contributed by atoms with Crippen molar-refractivity contribution in [2.75, 3.05) is 19.6 Å². The number of nitrogens with zero attached hydrogens (tertiary/aromatic N) is 3. The van der Waals surface area contributed by atoms with Crippen molar-refractivity contribution in [2.24, 2.45) is 16.6 Å². The van der Waals surface area contributed by atoms with Crippen molar-refractivity contribution in [1.29, 1.82) is 0 Å². The van der Waals surface area contributed by atoms with E-state index in [-0.39, 0.29) is 24.0 Å². The van der Waals surface area contributed by atoms with Crippen LogP contribution in [0.1, 0.15) is 42.5 Å². The second kappa shape index (κ2) is 8.17. The van der Waals surface area contributed by atoms with E-state index >= 15 is 0 Å². The number of nitrogens with two attached hydrogens (primary N) is 1. The van der Waals surface area contributed by atoms with Crippen molar-refractivity contribution in [1.82, 2.24) is 9.88 Å². The number of aromatic nitrogens is 1. The molecule has 0 amide bonds. The molecule has 20 heavy (non-hydrogen) atoms. The van der Waals surface area contributed by atoms with Gasteiger partial charge in [-0.2, -0.15) is 0 Å². The van der Waals surface area contributed by atoms with Crippen LogP contribution in [-0.4, -0.2) is 35.5 Å². The lowest BCUT2D eigenvalue weighted by atomic mass is 10.00. The highest BCUT2D eigenvalue weighted by atomic mass is 127. The van der Waals surface area contributed by atoms with E-state index < -0.39 is 0 Å². The molecule has 0 spiro atoms. The summed E-state index contributed by atoms with van der Waals surface area (Å²) < 4.78 is 0. The molecule has 0 aromatic carbocycles. The molecule has 1 aromatic heterocycles. The van der Waals surface area contributed by atoms with E-state index in [4.69, 9.17) is 5.73 Å². The van der Waals surface area contributed by atoms with E-state index in [1.165, 1.54) is 17.7 Å². The van der Waals surface area contributed by atoms with Gasteiger partial charge in [-0.25, -0.2) is 4.98 Å². The third-order valence-corrected chi connectivity index (χ3v) is 4.84. The van der Waals surface area contributed by atoms with Crippen LogP contribution in [-0.2, 0) is 0 Å². The molecule has 0 aliphatic carbocycles. The van der Waals surface area contributed by atoms with Gasteiger partial charge in [-0.15, -0.1) is 35.3 Å².